The highest BCUT2D eigenvalue weighted by Gasteiger charge is 2.42. The highest BCUT2D eigenvalue weighted by Crippen LogP contribution is 2.35. The van der Waals surface area contributed by atoms with Crippen molar-refractivity contribution in [3.8, 4) is 17.2 Å². The van der Waals surface area contributed by atoms with Crippen LogP contribution in [0.5, 0.6) is 11.5 Å². The van der Waals surface area contributed by atoms with Crippen molar-refractivity contribution < 1.29 is 27.5 Å². The van der Waals surface area contributed by atoms with E-state index in [0.29, 0.717) is 23.5 Å². The molecule has 5 rings (SSSR count). The average molecular weight is 465 g/mol. The fourth-order valence-electron chi connectivity index (χ4n) is 3.83. The van der Waals surface area contributed by atoms with Crippen LogP contribution in [-0.4, -0.2) is 39.9 Å². The van der Waals surface area contributed by atoms with Crippen molar-refractivity contribution in [2.24, 2.45) is 0 Å². The fraction of sp³-hybridized carbons (Fsp3) is 0.130. The molecule has 0 aliphatic carbocycles. The molecule has 0 amide bonds. The molecule has 0 saturated heterocycles. The predicted octanol–water partition coefficient (Wildman–Crippen LogP) is 3.63. The van der Waals surface area contributed by atoms with E-state index in [2.05, 4.69) is 4.98 Å². The maximum Gasteiger partial charge on any atom is 0.329 e. The number of rotatable bonds is 6. The van der Waals surface area contributed by atoms with E-state index in [1.54, 1.807) is 30.7 Å². The Bertz CT molecular complexity index is 1380. The summed E-state index contributed by atoms with van der Waals surface area (Å²) in [6.45, 7) is 0.0490. The number of sulfonamides is 1. The zero-order valence-electron chi connectivity index (χ0n) is 17.2. The molecule has 1 unspecified atom stereocenters. The molecular formula is C23H19N3O6S. The van der Waals surface area contributed by atoms with Crippen LogP contribution in [0, 0.1) is 0 Å². The smallest absolute Gasteiger partial charge is 0.329 e. The van der Waals surface area contributed by atoms with Crippen molar-refractivity contribution >= 4 is 16.0 Å². The minimum atomic E-state index is -4.07. The van der Waals surface area contributed by atoms with Crippen LogP contribution in [0.25, 0.3) is 5.69 Å². The molecule has 9 nitrogen and oxygen atoms in total. The second-order valence-electron chi connectivity index (χ2n) is 7.45. The Morgan fingerprint density at radius 1 is 1.06 bits per heavy atom. The molecule has 4 aromatic rings. The lowest BCUT2D eigenvalue weighted by atomic mass is 10.0. The molecular weight excluding hydrogens is 446 g/mol. The van der Waals surface area contributed by atoms with Crippen LogP contribution in [0.1, 0.15) is 17.4 Å². The summed E-state index contributed by atoms with van der Waals surface area (Å²) in [6, 6.07) is 13.5. The van der Waals surface area contributed by atoms with E-state index in [1.165, 1.54) is 30.5 Å². The molecule has 33 heavy (non-hydrogen) atoms. The highest BCUT2D eigenvalue weighted by molar-refractivity contribution is 7.89. The number of fused-ring (bicyclic) bond motifs is 1. The summed E-state index contributed by atoms with van der Waals surface area (Å²) in [6.07, 6.45) is 6.98. The third kappa shape index (κ3) is 3.90. The monoisotopic (exact) mass is 465 g/mol. The molecule has 1 aliphatic rings. The number of nitrogens with zero attached hydrogens (tertiary/aromatic N) is 3. The zero-order chi connectivity index (χ0) is 23.0. The molecule has 0 fully saturated rings. The van der Waals surface area contributed by atoms with Crippen LogP contribution in [0.3, 0.4) is 0 Å². The first-order valence-electron chi connectivity index (χ1n) is 10.1. The maximum absolute atomic E-state index is 13.2. The molecule has 168 valence electrons. The van der Waals surface area contributed by atoms with Crippen LogP contribution >= 0.6 is 0 Å². The lowest BCUT2D eigenvalue weighted by Crippen LogP contribution is -2.43. The minimum absolute atomic E-state index is 0.0217. The molecule has 1 atom stereocenters. The van der Waals surface area contributed by atoms with E-state index in [4.69, 9.17) is 9.15 Å². The molecule has 0 saturated carbocycles. The molecule has 0 bridgehead atoms. The average Bonchev–Trinajstić information content (AvgIpc) is 3.51. The number of carboxylic acids is 1. The number of aromatic nitrogens is 2. The van der Waals surface area contributed by atoms with Gasteiger partial charge >= 0.3 is 5.97 Å². The number of carbonyl (C=O) groups is 1. The largest absolute Gasteiger partial charge is 0.480 e. The first kappa shape index (κ1) is 21.0. The Hall–Kier alpha value is -3.89. The summed E-state index contributed by atoms with van der Waals surface area (Å²) in [5.41, 5.74) is 1.63. The Morgan fingerprint density at radius 3 is 2.39 bits per heavy atom. The van der Waals surface area contributed by atoms with Crippen molar-refractivity contribution in [3.63, 3.8) is 0 Å². The van der Waals surface area contributed by atoms with E-state index in [0.717, 1.165) is 9.99 Å². The lowest BCUT2D eigenvalue weighted by Gasteiger charge is -2.31. The summed E-state index contributed by atoms with van der Waals surface area (Å²) >= 11 is 0. The van der Waals surface area contributed by atoms with Gasteiger partial charge in [0, 0.05) is 24.6 Å². The lowest BCUT2D eigenvalue weighted by molar-refractivity contribution is -0.142. The summed E-state index contributed by atoms with van der Waals surface area (Å²) in [5.74, 6) is -0.0992. The van der Waals surface area contributed by atoms with Crippen LogP contribution in [0.2, 0.25) is 0 Å². The predicted molar refractivity (Wildman–Crippen MR) is 117 cm³/mol. The van der Waals surface area contributed by atoms with E-state index in [-0.39, 0.29) is 17.2 Å². The molecule has 2 aromatic heterocycles. The van der Waals surface area contributed by atoms with Crippen molar-refractivity contribution in [2.45, 2.75) is 17.4 Å². The van der Waals surface area contributed by atoms with Gasteiger partial charge in [-0.25, -0.2) is 18.2 Å². The zero-order valence-corrected chi connectivity index (χ0v) is 18.1. The third-order valence-electron chi connectivity index (χ3n) is 5.46. The fourth-order valence-corrected chi connectivity index (χ4v) is 5.37. The molecule has 0 radical (unpaired) electrons. The van der Waals surface area contributed by atoms with Crippen molar-refractivity contribution in [1.82, 2.24) is 13.9 Å². The molecule has 10 heteroatoms. The summed E-state index contributed by atoms with van der Waals surface area (Å²) in [4.78, 5) is 15.9. The summed E-state index contributed by atoms with van der Waals surface area (Å²) < 4.78 is 40.4. The van der Waals surface area contributed by atoms with E-state index in [9.17, 15) is 18.3 Å². The van der Waals surface area contributed by atoms with Crippen LogP contribution < -0.4 is 4.74 Å². The highest BCUT2D eigenvalue weighted by atomic mass is 32.2. The van der Waals surface area contributed by atoms with Crippen LogP contribution in [-0.2, 0) is 21.2 Å². The van der Waals surface area contributed by atoms with Gasteiger partial charge in [-0.2, -0.15) is 4.31 Å². The number of ether oxygens (including phenoxy) is 1. The van der Waals surface area contributed by atoms with Crippen molar-refractivity contribution in [1.29, 1.82) is 0 Å². The van der Waals surface area contributed by atoms with Gasteiger partial charge in [-0.15, -0.1) is 0 Å². The summed E-state index contributed by atoms with van der Waals surface area (Å²) in [7, 11) is -4.07. The molecule has 0 spiro atoms. The topological polar surface area (TPSA) is 115 Å². The van der Waals surface area contributed by atoms with Gasteiger partial charge in [-0.05, 0) is 66.6 Å². The van der Waals surface area contributed by atoms with Crippen molar-refractivity contribution in [3.05, 3.63) is 90.9 Å². The van der Waals surface area contributed by atoms with Gasteiger partial charge in [-0.3, -0.25) is 0 Å². The van der Waals surface area contributed by atoms with E-state index >= 15 is 0 Å². The number of hydrogen-bond donors (Lipinski definition) is 1. The molecule has 3 heterocycles. The third-order valence-corrected chi connectivity index (χ3v) is 7.34. The quantitative estimate of drug-likeness (QED) is 0.462. The Morgan fingerprint density at radius 2 is 1.76 bits per heavy atom. The van der Waals surface area contributed by atoms with Gasteiger partial charge in [0.05, 0.1) is 17.5 Å². The standard InChI is InChI=1S/C23H19N3O6S/c27-23(28)21-22-16(10-14-31-22)9-12-26(21)33(29,30)20-7-5-19(6-8-20)32-18-3-1-17(2-4-18)25-13-11-24-15-25/h1-8,10-11,13-15,21H,9,12H2,(H,27,28). The number of imidazole rings is 1. The number of aliphatic carboxylic acids is 1. The second-order valence-corrected chi connectivity index (χ2v) is 9.34. The molecule has 1 N–H and O–H groups in total. The van der Waals surface area contributed by atoms with Crippen LogP contribution in [0.4, 0.5) is 0 Å². The van der Waals surface area contributed by atoms with E-state index in [1.807, 2.05) is 22.9 Å². The Labute approximate surface area is 189 Å². The SMILES string of the molecule is O=C(O)C1c2occc2CCN1S(=O)(=O)c1ccc(Oc2ccc(-n3ccnc3)cc2)cc1. The molecule has 2 aromatic carbocycles. The minimum Gasteiger partial charge on any atom is -0.480 e. The normalized spacial score (nSPS) is 16.3. The van der Waals surface area contributed by atoms with Gasteiger partial charge in [0.1, 0.15) is 17.3 Å². The number of hydrogen-bond acceptors (Lipinski definition) is 6. The Kier molecular flexibility index (Phi) is 5.23. The van der Waals surface area contributed by atoms with Gasteiger partial charge < -0.3 is 18.8 Å². The maximum atomic E-state index is 13.2. The summed E-state index contributed by atoms with van der Waals surface area (Å²) in [5, 5.41) is 9.68. The number of benzene rings is 2. The molecule has 1 aliphatic heterocycles. The van der Waals surface area contributed by atoms with E-state index < -0.39 is 22.0 Å². The first-order chi connectivity index (χ1) is 15.9. The van der Waals surface area contributed by atoms with Gasteiger partial charge in [0.15, 0.2) is 6.04 Å². The number of furan rings is 1. The number of carboxylic acid groups (broad SMARTS) is 1. The van der Waals surface area contributed by atoms with Crippen LogP contribution in [0.15, 0.2) is 88.9 Å². The first-order valence-corrected chi connectivity index (χ1v) is 11.5. The second kappa shape index (κ2) is 8.23. The Balaban J connectivity index is 1.35. The van der Waals surface area contributed by atoms with Gasteiger partial charge in [0.2, 0.25) is 10.0 Å². The van der Waals surface area contributed by atoms with Gasteiger partial charge in [-0.1, -0.05) is 0 Å². The van der Waals surface area contributed by atoms with Gasteiger partial charge in [0.25, 0.3) is 0 Å². The van der Waals surface area contributed by atoms with Crippen molar-refractivity contribution in [2.75, 3.05) is 6.54 Å².